The summed E-state index contributed by atoms with van der Waals surface area (Å²) >= 11 is 1.40. The Morgan fingerprint density at radius 1 is 1.21 bits per heavy atom. The molecule has 4 nitrogen and oxygen atoms in total. The largest absolute Gasteiger partial charge is 0.278 e. The van der Waals surface area contributed by atoms with E-state index in [9.17, 15) is 0 Å². The lowest BCUT2D eigenvalue weighted by Gasteiger charge is -1.95. The average Bonchev–Trinajstić information content (AvgIpc) is 2.88. The number of hydrogen-bond acceptors (Lipinski definition) is 4. The van der Waals surface area contributed by atoms with Crippen LogP contribution >= 0.6 is 11.5 Å². The van der Waals surface area contributed by atoms with Crippen LogP contribution in [-0.4, -0.2) is 19.8 Å². The van der Waals surface area contributed by atoms with Gasteiger partial charge in [-0.3, -0.25) is 5.10 Å². The van der Waals surface area contributed by atoms with Crippen molar-refractivity contribution in [2.45, 2.75) is 0 Å². The monoisotopic (exact) mass is 202 g/mol. The Bertz CT molecular complexity index is 555. The maximum absolute atomic E-state index is 3.98. The number of aromatic amines is 1. The van der Waals surface area contributed by atoms with Crippen molar-refractivity contribution < 1.29 is 0 Å². The highest BCUT2D eigenvalue weighted by molar-refractivity contribution is 7.12. The minimum Gasteiger partial charge on any atom is -0.278 e. The molecule has 0 atom stereocenters. The van der Waals surface area contributed by atoms with E-state index in [1.54, 1.807) is 6.20 Å². The second-order valence-electron chi connectivity index (χ2n) is 2.93. The lowest BCUT2D eigenvalue weighted by Crippen LogP contribution is -1.77. The van der Waals surface area contributed by atoms with Crippen LogP contribution in [0.5, 0.6) is 0 Å². The van der Waals surface area contributed by atoms with Crippen LogP contribution in [0.1, 0.15) is 0 Å². The molecule has 0 spiro atoms. The van der Waals surface area contributed by atoms with Crippen molar-refractivity contribution >= 4 is 21.7 Å². The van der Waals surface area contributed by atoms with Gasteiger partial charge in [0.2, 0.25) is 0 Å². The maximum atomic E-state index is 3.98. The minimum absolute atomic E-state index is 0.943. The Hall–Kier alpha value is -1.75. The Kier molecular flexibility index (Phi) is 1.57. The van der Waals surface area contributed by atoms with Gasteiger partial charge < -0.3 is 0 Å². The third kappa shape index (κ3) is 1.10. The van der Waals surface area contributed by atoms with Crippen LogP contribution in [0.2, 0.25) is 0 Å². The van der Waals surface area contributed by atoms with Crippen LogP contribution in [0.15, 0.2) is 30.5 Å². The van der Waals surface area contributed by atoms with Crippen LogP contribution in [-0.2, 0) is 0 Å². The molecule has 3 rings (SSSR count). The highest BCUT2D eigenvalue weighted by Crippen LogP contribution is 2.23. The van der Waals surface area contributed by atoms with Gasteiger partial charge in [-0.2, -0.15) is 5.10 Å². The Morgan fingerprint density at radius 2 is 2.21 bits per heavy atom. The van der Waals surface area contributed by atoms with Gasteiger partial charge in [0, 0.05) is 11.8 Å². The molecule has 2 aromatic heterocycles. The molecule has 3 aromatic rings. The first-order chi connectivity index (χ1) is 6.93. The average molecular weight is 202 g/mol. The predicted molar refractivity (Wildman–Crippen MR) is 55.0 cm³/mol. The normalized spacial score (nSPS) is 10.9. The fourth-order valence-corrected chi connectivity index (χ4v) is 1.96. The number of nitrogens with zero attached hydrogens (tertiary/aromatic N) is 3. The molecular formula is C9H6N4S. The lowest BCUT2D eigenvalue weighted by molar-refractivity contribution is 1.10. The second kappa shape index (κ2) is 2.88. The van der Waals surface area contributed by atoms with Gasteiger partial charge in [-0.05, 0) is 29.7 Å². The molecular weight excluding hydrogens is 196 g/mol. The van der Waals surface area contributed by atoms with E-state index >= 15 is 0 Å². The molecule has 0 aliphatic carbocycles. The zero-order valence-electron chi connectivity index (χ0n) is 7.14. The zero-order valence-corrected chi connectivity index (χ0v) is 7.95. The third-order valence-corrected chi connectivity index (χ3v) is 2.75. The number of hydrogen-bond donors (Lipinski definition) is 1. The molecule has 14 heavy (non-hydrogen) atoms. The van der Waals surface area contributed by atoms with E-state index in [0.29, 0.717) is 0 Å². The van der Waals surface area contributed by atoms with E-state index in [-0.39, 0.29) is 0 Å². The molecule has 0 aliphatic rings. The molecule has 5 heteroatoms. The Balaban J connectivity index is 2.23. The van der Waals surface area contributed by atoms with Gasteiger partial charge in [0.1, 0.15) is 5.52 Å². The molecule has 68 valence electrons. The quantitative estimate of drug-likeness (QED) is 0.657. The first kappa shape index (κ1) is 7.64. The van der Waals surface area contributed by atoms with Gasteiger partial charge in [-0.15, -0.1) is 5.10 Å². The van der Waals surface area contributed by atoms with Gasteiger partial charge in [0.25, 0.3) is 0 Å². The molecule has 1 aromatic carbocycles. The van der Waals surface area contributed by atoms with Crippen LogP contribution < -0.4 is 0 Å². The summed E-state index contributed by atoms with van der Waals surface area (Å²) in [7, 11) is 0. The standard InChI is InChI=1S/C9H6N4S/c1-2-8-9(14-13-12-8)5-6(1)7-3-4-10-11-7/h1-5H,(H,10,11). The van der Waals surface area contributed by atoms with Crippen molar-refractivity contribution in [3.8, 4) is 11.3 Å². The van der Waals surface area contributed by atoms with Crippen LogP contribution in [0.25, 0.3) is 21.5 Å². The molecule has 0 aliphatic heterocycles. The summed E-state index contributed by atoms with van der Waals surface area (Å²) < 4.78 is 4.98. The smallest absolute Gasteiger partial charge is 0.106 e. The summed E-state index contributed by atoms with van der Waals surface area (Å²) in [6.45, 7) is 0. The van der Waals surface area contributed by atoms with E-state index in [1.165, 1.54) is 11.5 Å². The van der Waals surface area contributed by atoms with Crippen LogP contribution in [0, 0.1) is 0 Å². The van der Waals surface area contributed by atoms with E-state index in [1.807, 2.05) is 18.2 Å². The number of fused-ring (bicyclic) bond motifs is 1. The predicted octanol–water partition coefficient (Wildman–Crippen LogP) is 2.08. The van der Waals surface area contributed by atoms with E-state index in [2.05, 4.69) is 25.9 Å². The molecule has 1 N–H and O–H groups in total. The minimum atomic E-state index is 0.943. The summed E-state index contributed by atoms with van der Waals surface area (Å²) in [5.41, 5.74) is 3.07. The van der Waals surface area contributed by atoms with Gasteiger partial charge in [-0.25, -0.2) is 0 Å². The van der Waals surface area contributed by atoms with E-state index < -0.39 is 0 Å². The number of rotatable bonds is 1. The van der Waals surface area contributed by atoms with Crippen molar-refractivity contribution in [1.29, 1.82) is 0 Å². The fraction of sp³-hybridized carbons (Fsp3) is 0. The van der Waals surface area contributed by atoms with Gasteiger partial charge in [-0.1, -0.05) is 10.6 Å². The molecule has 0 unspecified atom stereocenters. The van der Waals surface area contributed by atoms with Crippen molar-refractivity contribution in [2.75, 3.05) is 0 Å². The van der Waals surface area contributed by atoms with Gasteiger partial charge in [0.15, 0.2) is 0 Å². The summed E-state index contributed by atoms with van der Waals surface area (Å²) in [4.78, 5) is 0. The molecule has 0 radical (unpaired) electrons. The molecule has 2 heterocycles. The topological polar surface area (TPSA) is 54.5 Å². The molecule has 0 amide bonds. The molecule has 0 bridgehead atoms. The molecule has 0 fully saturated rings. The van der Waals surface area contributed by atoms with Crippen molar-refractivity contribution in [1.82, 2.24) is 19.8 Å². The summed E-state index contributed by atoms with van der Waals surface area (Å²) in [6, 6.07) is 7.98. The summed E-state index contributed by atoms with van der Waals surface area (Å²) in [5, 5.41) is 10.8. The SMILES string of the molecule is c1cc(-c2ccc3nnsc3c2)[nH]n1. The Labute approximate surface area is 83.8 Å². The number of aromatic nitrogens is 4. The summed E-state index contributed by atoms with van der Waals surface area (Å²) in [5.74, 6) is 0. The first-order valence-corrected chi connectivity index (χ1v) is 4.93. The summed E-state index contributed by atoms with van der Waals surface area (Å²) in [6.07, 6.45) is 1.74. The van der Waals surface area contributed by atoms with E-state index in [4.69, 9.17) is 0 Å². The Morgan fingerprint density at radius 3 is 3.07 bits per heavy atom. The van der Waals surface area contributed by atoms with Gasteiger partial charge >= 0.3 is 0 Å². The van der Waals surface area contributed by atoms with Crippen molar-refractivity contribution in [3.63, 3.8) is 0 Å². The second-order valence-corrected chi connectivity index (χ2v) is 3.71. The third-order valence-electron chi connectivity index (χ3n) is 2.06. The molecule has 0 saturated carbocycles. The van der Waals surface area contributed by atoms with Crippen molar-refractivity contribution in [2.24, 2.45) is 0 Å². The van der Waals surface area contributed by atoms with Crippen molar-refractivity contribution in [3.05, 3.63) is 30.5 Å². The number of nitrogens with one attached hydrogen (secondary N) is 1. The number of H-pyrrole nitrogens is 1. The zero-order chi connectivity index (χ0) is 9.38. The van der Waals surface area contributed by atoms with Crippen LogP contribution in [0.3, 0.4) is 0 Å². The number of benzene rings is 1. The van der Waals surface area contributed by atoms with Gasteiger partial charge in [0.05, 0.1) is 10.4 Å². The highest BCUT2D eigenvalue weighted by Gasteiger charge is 2.02. The highest BCUT2D eigenvalue weighted by atomic mass is 32.1. The van der Waals surface area contributed by atoms with E-state index in [0.717, 1.165) is 21.5 Å². The first-order valence-electron chi connectivity index (χ1n) is 4.15. The lowest BCUT2D eigenvalue weighted by atomic mass is 10.1. The molecule has 0 saturated heterocycles. The maximum Gasteiger partial charge on any atom is 0.106 e. The van der Waals surface area contributed by atoms with Crippen LogP contribution in [0.4, 0.5) is 0 Å². The fourth-order valence-electron chi connectivity index (χ4n) is 1.36.